The molecule has 0 aromatic carbocycles. The molecule has 0 atom stereocenters. The number of ether oxygens (including phenoxy) is 2. The number of hydrogen-bond acceptors (Lipinski definition) is 2. The van der Waals surface area contributed by atoms with E-state index in [0.29, 0.717) is 23.9 Å². The second-order valence-electron chi connectivity index (χ2n) is 11.7. The highest BCUT2D eigenvalue weighted by Gasteiger charge is 2.28. The third-order valence-corrected chi connectivity index (χ3v) is 5.36. The normalized spacial score (nSPS) is 12.8. The Balaban J connectivity index is 0. The van der Waals surface area contributed by atoms with Gasteiger partial charge in [-0.2, -0.15) is 0 Å². The maximum Gasteiger partial charge on any atom is 0.271 e. The van der Waals surface area contributed by atoms with Crippen molar-refractivity contribution < 1.29 is 18.3 Å². The van der Waals surface area contributed by atoms with Crippen LogP contribution in [0.3, 0.4) is 0 Å². The first kappa shape index (κ1) is 34.0. The summed E-state index contributed by atoms with van der Waals surface area (Å²) < 4.78 is 37.0. The summed E-state index contributed by atoms with van der Waals surface area (Å²) in [5.74, 6) is -1.16. The molecule has 0 saturated carbocycles. The van der Waals surface area contributed by atoms with Crippen LogP contribution in [0.2, 0.25) is 0 Å². The Labute approximate surface area is 200 Å². The van der Waals surface area contributed by atoms with Crippen LogP contribution in [-0.2, 0) is 9.47 Å². The van der Waals surface area contributed by atoms with Gasteiger partial charge in [0.1, 0.15) is 6.61 Å². The Morgan fingerprint density at radius 1 is 0.625 bits per heavy atom. The van der Waals surface area contributed by atoms with Crippen molar-refractivity contribution in [3.8, 4) is 0 Å². The Kier molecular flexibility index (Phi) is 20.3. The number of rotatable bonds is 18. The molecule has 2 nitrogen and oxygen atoms in total. The molecule has 0 aliphatic carbocycles. The molecule has 0 aliphatic rings. The predicted molar refractivity (Wildman–Crippen MR) is 137 cm³/mol. The van der Waals surface area contributed by atoms with Crippen LogP contribution in [0, 0.1) is 17.3 Å². The van der Waals surface area contributed by atoms with E-state index in [1.807, 2.05) is 0 Å². The van der Waals surface area contributed by atoms with Crippen molar-refractivity contribution in [1.29, 1.82) is 0 Å². The van der Waals surface area contributed by atoms with Gasteiger partial charge in [0, 0.05) is 13.0 Å². The molecular formula is C28H58F2O2. The molecule has 0 unspecified atom stereocenters. The smallest absolute Gasteiger partial charge is 0.271 e. The molecule has 0 aromatic heterocycles. The largest absolute Gasteiger partial charge is 0.379 e. The number of halogens is 2. The van der Waals surface area contributed by atoms with E-state index in [2.05, 4.69) is 55.4 Å². The van der Waals surface area contributed by atoms with Crippen LogP contribution in [-0.4, -0.2) is 31.3 Å². The third-order valence-electron chi connectivity index (χ3n) is 5.36. The van der Waals surface area contributed by atoms with Gasteiger partial charge in [0.2, 0.25) is 0 Å². The third kappa shape index (κ3) is 27.8. The highest BCUT2D eigenvalue weighted by molar-refractivity contribution is 4.70. The summed E-state index contributed by atoms with van der Waals surface area (Å²) in [5.41, 5.74) is 0.521. The molecule has 0 aliphatic heterocycles. The van der Waals surface area contributed by atoms with Crippen LogP contribution >= 0.6 is 0 Å². The maximum absolute atomic E-state index is 13.2. The van der Waals surface area contributed by atoms with E-state index in [1.54, 1.807) is 13.8 Å². The molecule has 0 heterocycles. The quantitative estimate of drug-likeness (QED) is 0.188. The average molecular weight is 465 g/mol. The van der Waals surface area contributed by atoms with Gasteiger partial charge >= 0.3 is 0 Å². The van der Waals surface area contributed by atoms with E-state index in [4.69, 9.17) is 9.47 Å². The highest BCUT2D eigenvalue weighted by atomic mass is 19.3. The second-order valence-corrected chi connectivity index (χ2v) is 11.7. The summed E-state index contributed by atoms with van der Waals surface area (Å²) in [7, 11) is 0. The fourth-order valence-corrected chi connectivity index (χ4v) is 3.88. The van der Waals surface area contributed by atoms with Crippen molar-refractivity contribution in [1.82, 2.24) is 0 Å². The number of unbranched alkanes of at least 4 members (excludes halogenated alkanes) is 4. The minimum atomic E-state index is -2.65. The van der Waals surface area contributed by atoms with Crippen LogP contribution in [0.15, 0.2) is 0 Å². The number of hydrogen-bond donors (Lipinski definition) is 0. The van der Waals surface area contributed by atoms with E-state index < -0.39 is 12.5 Å². The summed E-state index contributed by atoms with van der Waals surface area (Å²) in [5, 5.41) is 0. The first-order valence-electron chi connectivity index (χ1n) is 13.3. The standard InChI is InChI=1S/C15H32O.C13H26F2O/c1-13(2)12-15(5,6)10-8-7-9-11-16-14(3)4;1-11(2)8-6-5-7-9-13(14,15)10-16-12(3)4/h13-14H,7-12H2,1-6H3;11-12H,5-10H2,1-4H3. The lowest BCUT2D eigenvalue weighted by molar-refractivity contribution is -0.0978. The molecule has 0 rings (SSSR count). The molecule has 0 amide bonds. The molecule has 0 N–H and O–H groups in total. The molecule has 0 bridgehead atoms. The molecule has 0 spiro atoms. The molecule has 0 fully saturated rings. The SMILES string of the molecule is CC(C)CC(C)(C)CCCCCOC(C)C.CC(C)CCCCCC(F)(F)COC(C)C. The van der Waals surface area contributed by atoms with E-state index in [-0.39, 0.29) is 12.5 Å². The molecule has 0 saturated heterocycles. The Hall–Kier alpha value is -0.220. The molecule has 4 heteroatoms. The van der Waals surface area contributed by atoms with Gasteiger partial charge in [-0.05, 0) is 70.6 Å². The Morgan fingerprint density at radius 3 is 1.66 bits per heavy atom. The van der Waals surface area contributed by atoms with Gasteiger partial charge in [-0.3, -0.25) is 0 Å². The zero-order valence-corrected chi connectivity index (χ0v) is 23.4. The predicted octanol–water partition coefficient (Wildman–Crippen LogP) is 9.70. The van der Waals surface area contributed by atoms with Crippen LogP contribution in [0.1, 0.15) is 133 Å². The summed E-state index contributed by atoms with van der Waals surface area (Å²) in [6.07, 6.45) is 10.5. The average Bonchev–Trinajstić information content (AvgIpc) is 2.61. The molecule has 0 aromatic rings. The van der Waals surface area contributed by atoms with Crippen molar-refractivity contribution >= 4 is 0 Å². The number of alkyl halides is 2. The first-order chi connectivity index (χ1) is 14.7. The van der Waals surface area contributed by atoms with Crippen LogP contribution < -0.4 is 0 Å². The topological polar surface area (TPSA) is 18.5 Å². The lowest BCUT2D eigenvalue weighted by Crippen LogP contribution is -2.25. The van der Waals surface area contributed by atoms with E-state index in [0.717, 1.165) is 31.8 Å². The van der Waals surface area contributed by atoms with Crippen molar-refractivity contribution in [2.45, 2.75) is 152 Å². The fourth-order valence-electron chi connectivity index (χ4n) is 3.88. The Morgan fingerprint density at radius 2 is 1.16 bits per heavy atom. The lowest BCUT2D eigenvalue weighted by atomic mass is 9.80. The molecule has 32 heavy (non-hydrogen) atoms. The summed E-state index contributed by atoms with van der Waals surface area (Å²) in [6.45, 7) is 22.0. The zero-order chi connectivity index (χ0) is 25.2. The van der Waals surface area contributed by atoms with Gasteiger partial charge in [0.05, 0.1) is 12.2 Å². The fraction of sp³-hybridized carbons (Fsp3) is 1.00. The zero-order valence-electron chi connectivity index (χ0n) is 23.4. The van der Waals surface area contributed by atoms with Crippen LogP contribution in [0.5, 0.6) is 0 Å². The van der Waals surface area contributed by atoms with E-state index in [1.165, 1.54) is 32.1 Å². The van der Waals surface area contributed by atoms with Gasteiger partial charge in [-0.25, -0.2) is 8.78 Å². The Bertz CT molecular complexity index is 404. The van der Waals surface area contributed by atoms with E-state index in [9.17, 15) is 8.78 Å². The van der Waals surface area contributed by atoms with Crippen molar-refractivity contribution in [3.05, 3.63) is 0 Å². The molecule has 196 valence electrons. The van der Waals surface area contributed by atoms with Gasteiger partial charge in [0.25, 0.3) is 5.92 Å². The summed E-state index contributed by atoms with van der Waals surface area (Å²) in [6, 6.07) is 0. The van der Waals surface area contributed by atoms with Gasteiger partial charge < -0.3 is 9.47 Å². The van der Waals surface area contributed by atoms with Crippen molar-refractivity contribution in [3.63, 3.8) is 0 Å². The second kappa shape index (κ2) is 19.1. The van der Waals surface area contributed by atoms with Gasteiger partial charge in [-0.15, -0.1) is 0 Å². The maximum atomic E-state index is 13.2. The minimum Gasteiger partial charge on any atom is -0.379 e. The van der Waals surface area contributed by atoms with Gasteiger partial charge in [-0.1, -0.05) is 73.6 Å². The lowest BCUT2D eigenvalue weighted by Gasteiger charge is -2.26. The molecule has 0 radical (unpaired) electrons. The summed E-state index contributed by atoms with van der Waals surface area (Å²) >= 11 is 0. The first-order valence-corrected chi connectivity index (χ1v) is 13.3. The molecular weight excluding hydrogens is 406 g/mol. The monoisotopic (exact) mass is 464 g/mol. The van der Waals surface area contributed by atoms with Crippen LogP contribution in [0.25, 0.3) is 0 Å². The minimum absolute atomic E-state index is 0.0438. The highest BCUT2D eigenvalue weighted by Crippen LogP contribution is 2.31. The van der Waals surface area contributed by atoms with Gasteiger partial charge in [0.15, 0.2) is 0 Å². The summed E-state index contributed by atoms with van der Waals surface area (Å²) in [4.78, 5) is 0. The van der Waals surface area contributed by atoms with Crippen molar-refractivity contribution in [2.75, 3.05) is 13.2 Å². The van der Waals surface area contributed by atoms with Crippen molar-refractivity contribution in [2.24, 2.45) is 17.3 Å². The van der Waals surface area contributed by atoms with E-state index >= 15 is 0 Å². The van der Waals surface area contributed by atoms with Crippen LogP contribution in [0.4, 0.5) is 8.78 Å².